The van der Waals surface area contributed by atoms with Crippen molar-refractivity contribution in [3.05, 3.63) is 0 Å². The Bertz CT molecular complexity index is 215. The molecular weight excluding hydrogens is 198 g/mol. The minimum Gasteiger partial charge on any atom is -0.341 e. The van der Waals surface area contributed by atoms with E-state index in [0.717, 1.165) is 13.0 Å². The first kappa shape index (κ1) is 11.8. The number of rotatable bonds is 0. The molecule has 0 aliphatic carbocycles. The monoisotopic (exact) mass is 217 g/mol. The molecule has 0 radical (unpaired) electrons. The molecule has 1 amide bonds. The van der Waals surface area contributed by atoms with Crippen molar-refractivity contribution in [2.24, 2.45) is 5.92 Å². The number of alkyl halides is 1. The van der Waals surface area contributed by atoms with Crippen LogP contribution in [0.2, 0.25) is 0 Å². The van der Waals surface area contributed by atoms with E-state index >= 15 is 0 Å². The van der Waals surface area contributed by atoms with E-state index in [1.807, 2.05) is 11.8 Å². The Labute approximate surface area is 91.6 Å². The molecule has 1 rings (SSSR count). The molecule has 1 saturated heterocycles. The van der Waals surface area contributed by atoms with Gasteiger partial charge in [0.05, 0.1) is 4.87 Å². The van der Waals surface area contributed by atoms with Gasteiger partial charge < -0.3 is 4.90 Å². The molecule has 2 nitrogen and oxygen atoms in total. The third-order valence-corrected chi connectivity index (χ3v) is 3.20. The maximum atomic E-state index is 11.4. The molecule has 2 atom stereocenters. The van der Waals surface area contributed by atoms with Crippen molar-refractivity contribution >= 4 is 17.5 Å². The highest BCUT2D eigenvalue weighted by Crippen LogP contribution is 2.27. The van der Waals surface area contributed by atoms with Crippen LogP contribution in [-0.4, -0.2) is 28.8 Å². The molecule has 0 aromatic rings. The fourth-order valence-electron chi connectivity index (χ4n) is 2.07. The molecule has 0 aromatic carbocycles. The third kappa shape index (κ3) is 3.49. The molecule has 3 heteroatoms. The van der Waals surface area contributed by atoms with Crippen molar-refractivity contribution in [3.8, 4) is 0 Å². The molecular formula is C11H20ClNO. The van der Waals surface area contributed by atoms with Crippen molar-refractivity contribution < 1.29 is 4.79 Å². The Morgan fingerprint density at radius 2 is 2.21 bits per heavy atom. The number of carbonyl (C=O) groups excluding carboxylic acids is 1. The zero-order valence-electron chi connectivity index (χ0n) is 9.35. The van der Waals surface area contributed by atoms with Crippen LogP contribution in [0.5, 0.6) is 0 Å². The molecule has 0 N–H and O–H groups in total. The SMILES string of the molecule is CC(=O)N1CC(C)CCCC(C)(Cl)C1. The minimum absolute atomic E-state index is 0.144. The van der Waals surface area contributed by atoms with Crippen LogP contribution in [0.1, 0.15) is 40.0 Å². The standard InChI is InChI=1S/C11H20ClNO/c1-9-5-4-6-11(3,12)8-13(7-9)10(2)14/h9H,4-8H2,1-3H3. The number of carbonyl (C=O) groups is 1. The highest BCUT2D eigenvalue weighted by Gasteiger charge is 2.28. The Morgan fingerprint density at radius 3 is 2.79 bits per heavy atom. The van der Waals surface area contributed by atoms with Gasteiger partial charge in [0.15, 0.2) is 0 Å². The molecule has 1 aliphatic rings. The lowest BCUT2D eigenvalue weighted by atomic mass is 9.94. The van der Waals surface area contributed by atoms with Crippen LogP contribution < -0.4 is 0 Å². The van der Waals surface area contributed by atoms with Gasteiger partial charge in [-0.3, -0.25) is 4.79 Å². The largest absolute Gasteiger partial charge is 0.341 e. The van der Waals surface area contributed by atoms with Gasteiger partial charge >= 0.3 is 0 Å². The molecule has 0 saturated carbocycles. The fraction of sp³-hybridized carbons (Fsp3) is 0.909. The van der Waals surface area contributed by atoms with E-state index < -0.39 is 0 Å². The molecule has 1 heterocycles. The van der Waals surface area contributed by atoms with E-state index in [-0.39, 0.29) is 10.8 Å². The molecule has 14 heavy (non-hydrogen) atoms. The zero-order chi connectivity index (χ0) is 10.8. The highest BCUT2D eigenvalue weighted by atomic mass is 35.5. The molecule has 1 fully saturated rings. The summed E-state index contributed by atoms with van der Waals surface area (Å²) in [5, 5.41) is 0. The van der Waals surface area contributed by atoms with E-state index in [9.17, 15) is 4.79 Å². The summed E-state index contributed by atoms with van der Waals surface area (Å²) in [5.41, 5.74) is 0. The number of nitrogens with zero attached hydrogens (tertiary/aromatic N) is 1. The Balaban J connectivity index is 2.66. The Kier molecular flexibility index (Phi) is 3.82. The second-order valence-corrected chi connectivity index (χ2v) is 5.72. The van der Waals surface area contributed by atoms with E-state index in [1.165, 1.54) is 12.8 Å². The van der Waals surface area contributed by atoms with Gasteiger partial charge in [-0.15, -0.1) is 11.6 Å². The van der Waals surface area contributed by atoms with E-state index in [1.54, 1.807) is 6.92 Å². The van der Waals surface area contributed by atoms with Gasteiger partial charge in [-0.05, 0) is 25.7 Å². The minimum atomic E-state index is -0.230. The number of amides is 1. The predicted octanol–water partition coefficient (Wildman–Crippen LogP) is 2.65. The summed E-state index contributed by atoms with van der Waals surface area (Å²) in [6, 6.07) is 0. The van der Waals surface area contributed by atoms with E-state index in [4.69, 9.17) is 11.6 Å². The number of likely N-dealkylation sites (tertiary alicyclic amines) is 1. The average molecular weight is 218 g/mol. The van der Waals surface area contributed by atoms with E-state index in [0.29, 0.717) is 12.5 Å². The van der Waals surface area contributed by atoms with Gasteiger partial charge in [-0.25, -0.2) is 0 Å². The summed E-state index contributed by atoms with van der Waals surface area (Å²) < 4.78 is 0. The van der Waals surface area contributed by atoms with Crippen LogP contribution in [0, 0.1) is 5.92 Å². The lowest BCUT2D eigenvalue weighted by molar-refractivity contribution is -0.130. The molecule has 2 unspecified atom stereocenters. The van der Waals surface area contributed by atoms with Gasteiger partial charge in [0.25, 0.3) is 0 Å². The van der Waals surface area contributed by atoms with Crippen LogP contribution >= 0.6 is 11.6 Å². The maximum Gasteiger partial charge on any atom is 0.219 e. The topological polar surface area (TPSA) is 20.3 Å². The van der Waals surface area contributed by atoms with Crippen molar-refractivity contribution in [3.63, 3.8) is 0 Å². The number of halogens is 1. The van der Waals surface area contributed by atoms with Crippen LogP contribution in [0.15, 0.2) is 0 Å². The van der Waals surface area contributed by atoms with Gasteiger partial charge in [0.1, 0.15) is 0 Å². The zero-order valence-corrected chi connectivity index (χ0v) is 10.1. The van der Waals surface area contributed by atoms with Gasteiger partial charge in [0.2, 0.25) is 5.91 Å². The van der Waals surface area contributed by atoms with Gasteiger partial charge in [0, 0.05) is 20.0 Å². The first-order chi connectivity index (χ1) is 6.41. The van der Waals surface area contributed by atoms with Crippen molar-refractivity contribution in [1.29, 1.82) is 0 Å². The van der Waals surface area contributed by atoms with E-state index in [2.05, 4.69) is 6.92 Å². The summed E-state index contributed by atoms with van der Waals surface area (Å²) >= 11 is 6.34. The number of hydrogen-bond acceptors (Lipinski definition) is 1. The third-order valence-electron chi connectivity index (χ3n) is 2.89. The van der Waals surface area contributed by atoms with Crippen LogP contribution in [0.25, 0.3) is 0 Å². The Hall–Kier alpha value is -0.240. The first-order valence-corrected chi connectivity index (χ1v) is 5.73. The van der Waals surface area contributed by atoms with Crippen molar-refractivity contribution in [2.75, 3.05) is 13.1 Å². The van der Waals surface area contributed by atoms with Crippen LogP contribution in [-0.2, 0) is 4.79 Å². The van der Waals surface area contributed by atoms with Crippen LogP contribution in [0.3, 0.4) is 0 Å². The predicted molar refractivity (Wildman–Crippen MR) is 59.5 cm³/mol. The summed E-state index contributed by atoms with van der Waals surface area (Å²) in [7, 11) is 0. The highest BCUT2D eigenvalue weighted by molar-refractivity contribution is 6.24. The number of hydrogen-bond donors (Lipinski definition) is 0. The second-order valence-electron chi connectivity index (χ2n) is 4.81. The quantitative estimate of drug-likeness (QED) is 0.572. The lowest BCUT2D eigenvalue weighted by Crippen LogP contribution is -2.43. The van der Waals surface area contributed by atoms with Crippen LogP contribution in [0.4, 0.5) is 0 Å². The van der Waals surface area contributed by atoms with Crippen molar-refractivity contribution in [2.45, 2.75) is 44.9 Å². The second kappa shape index (κ2) is 4.52. The molecule has 82 valence electrons. The molecule has 0 aromatic heterocycles. The maximum absolute atomic E-state index is 11.4. The normalized spacial score (nSPS) is 34.9. The molecule has 1 aliphatic heterocycles. The lowest BCUT2D eigenvalue weighted by Gasteiger charge is -2.35. The smallest absolute Gasteiger partial charge is 0.219 e. The van der Waals surface area contributed by atoms with Gasteiger partial charge in [-0.1, -0.05) is 13.3 Å². The molecule has 0 bridgehead atoms. The average Bonchev–Trinajstić information content (AvgIpc) is 1.99. The summed E-state index contributed by atoms with van der Waals surface area (Å²) in [6.07, 6.45) is 3.35. The summed E-state index contributed by atoms with van der Waals surface area (Å²) in [6.45, 7) is 7.40. The Morgan fingerprint density at radius 1 is 1.57 bits per heavy atom. The summed E-state index contributed by atoms with van der Waals surface area (Å²) in [4.78, 5) is 13.0. The molecule has 0 spiro atoms. The van der Waals surface area contributed by atoms with Crippen molar-refractivity contribution in [1.82, 2.24) is 4.90 Å². The first-order valence-electron chi connectivity index (χ1n) is 5.35. The summed E-state index contributed by atoms with van der Waals surface area (Å²) in [5.74, 6) is 0.747. The fourth-order valence-corrected chi connectivity index (χ4v) is 2.35. The van der Waals surface area contributed by atoms with Gasteiger partial charge in [-0.2, -0.15) is 0 Å².